The largest absolute Gasteiger partial charge is 0.459 e. The highest BCUT2D eigenvalue weighted by atomic mass is 19.1. The first-order valence-corrected chi connectivity index (χ1v) is 11.5. The lowest BCUT2D eigenvalue weighted by molar-refractivity contribution is -0.0756. The molecule has 0 saturated carbocycles. The molecule has 2 aromatic rings. The van der Waals surface area contributed by atoms with Gasteiger partial charge in [0.2, 0.25) is 0 Å². The average molecular weight is 483 g/mol. The number of halogens is 1. The van der Waals surface area contributed by atoms with Gasteiger partial charge in [0.25, 0.3) is 0 Å². The van der Waals surface area contributed by atoms with Gasteiger partial charge in [-0.15, -0.1) is 0 Å². The number of carbonyl (C=O) groups is 3. The number of urea groups is 1. The predicted molar refractivity (Wildman–Crippen MR) is 124 cm³/mol. The number of benzene rings is 2. The molecule has 4 atom stereocenters. The third kappa shape index (κ3) is 5.51. The quantitative estimate of drug-likeness (QED) is 0.444. The Morgan fingerprint density at radius 3 is 2.20 bits per heavy atom. The lowest BCUT2D eigenvalue weighted by Crippen LogP contribution is -2.50. The van der Waals surface area contributed by atoms with Crippen LogP contribution < -0.4 is 0 Å². The molecular formula is C26H27FN2O6. The summed E-state index contributed by atoms with van der Waals surface area (Å²) in [5.41, 5.74) is 0.567. The van der Waals surface area contributed by atoms with Crippen molar-refractivity contribution in [1.29, 1.82) is 0 Å². The van der Waals surface area contributed by atoms with Gasteiger partial charge < -0.3 is 19.1 Å². The van der Waals surface area contributed by atoms with E-state index >= 15 is 4.39 Å². The minimum atomic E-state index is -1.85. The van der Waals surface area contributed by atoms with Gasteiger partial charge in [-0.1, -0.05) is 48.6 Å². The van der Waals surface area contributed by atoms with E-state index in [1.165, 1.54) is 4.90 Å². The summed E-state index contributed by atoms with van der Waals surface area (Å²) in [4.78, 5) is 40.9. The number of carbonyl (C=O) groups excluding carboxylic acids is 3. The van der Waals surface area contributed by atoms with E-state index in [0.29, 0.717) is 18.7 Å². The maximum absolute atomic E-state index is 15.8. The maximum Gasteiger partial charge on any atom is 0.338 e. The van der Waals surface area contributed by atoms with Crippen molar-refractivity contribution in [2.24, 2.45) is 0 Å². The fraction of sp³-hybridized carbons (Fsp3) is 0.346. The van der Waals surface area contributed by atoms with E-state index in [4.69, 9.17) is 14.2 Å². The van der Waals surface area contributed by atoms with Crippen molar-refractivity contribution in [3.63, 3.8) is 0 Å². The monoisotopic (exact) mass is 482 g/mol. The molecule has 0 aliphatic carbocycles. The summed E-state index contributed by atoms with van der Waals surface area (Å²) in [5, 5.41) is 0. The number of amides is 2. The van der Waals surface area contributed by atoms with Gasteiger partial charge in [-0.05, 0) is 31.2 Å². The van der Waals surface area contributed by atoms with Gasteiger partial charge in [-0.3, -0.25) is 4.90 Å². The van der Waals surface area contributed by atoms with E-state index in [9.17, 15) is 14.4 Å². The number of nitrogens with zero attached hydrogens (tertiary/aromatic N) is 2. The maximum atomic E-state index is 15.8. The normalized spacial score (nSPS) is 24.2. The zero-order chi connectivity index (χ0) is 24.8. The Hall–Kier alpha value is -3.72. The van der Waals surface area contributed by atoms with Gasteiger partial charge in [0.05, 0.1) is 11.1 Å². The summed E-state index contributed by atoms with van der Waals surface area (Å²) < 4.78 is 32.5. The molecule has 35 heavy (non-hydrogen) atoms. The minimum Gasteiger partial charge on any atom is -0.459 e. The summed E-state index contributed by atoms with van der Waals surface area (Å²) in [6, 6.07) is 16.1. The van der Waals surface area contributed by atoms with Crippen molar-refractivity contribution < 1.29 is 33.0 Å². The molecule has 8 nitrogen and oxygen atoms in total. The molecule has 0 radical (unpaired) electrons. The molecule has 0 bridgehead atoms. The van der Waals surface area contributed by atoms with Crippen LogP contribution in [0.3, 0.4) is 0 Å². The third-order valence-electron chi connectivity index (χ3n) is 5.91. The number of ether oxygens (including phenoxy) is 3. The molecule has 0 spiro atoms. The molecule has 2 aromatic carbocycles. The summed E-state index contributed by atoms with van der Waals surface area (Å²) in [6.07, 6.45) is -2.06. The van der Waals surface area contributed by atoms with Crippen molar-refractivity contribution in [2.45, 2.75) is 31.5 Å². The van der Waals surface area contributed by atoms with Crippen LogP contribution >= 0.6 is 0 Å². The van der Waals surface area contributed by atoms with Crippen LogP contribution in [0.5, 0.6) is 0 Å². The lowest BCUT2D eigenvalue weighted by atomic mass is 10.1. The molecule has 1 fully saturated rings. The molecule has 2 aliphatic heterocycles. The Labute approximate surface area is 202 Å². The van der Waals surface area contributed by atoms with Crippen LogP contribution in [0.4, 0.5) is 9.18 Å². The lowest BCUT2D eigenvalue weighted by Gasteiger charge is -2.31. The molecule has 1 saturated heterocycles. The topological polar surface area (TPSA) is 85.4 Å². The first-order chi connectivity index (χ1) is 17.0. The SMILES string of the molecule is CCN1CC=CCN(C2OC(COC(=O)c3ccccc3)C(OC(=O)c3ccccc3)C2F)C1=O. The van der Waals surface area contributed by atoms with Crippen molar-refractivity contribution in [3.8, 4) is 0 Å². The van der Waals surface area contributed by atoms with Crippen molar-refractivity contribution >= 4 is 18.0 Å². The van der Waals surface area contributed by atoms with E-state index in [1.807, 2.05) is 13.0 Å². The van der Waals surface area contributed by atoms with E-state index in [1.54, 1.807) is 71.6 Å². The van der Waals surface area contributed by atoms with Crippen molar-refractivity contribution in [3.05, 3.63) is 83.9 Å². The number of hydrogen-bond acceptors (Lipinski definition) is 6. The van der Waals surface area contributed by atoms with Crippen LogP contribution in [0.1, 0.15) is 27.6 Å². The second-order valence-electron chi connectivity index (χ2n) is 8.15. The van der Waals surface area contributed by atoms with E-state index < -0.39 is 36.5 Å². The summed E-state index contributed by atoms with van der Waals surface area (Å²) in [6.45, 7) is 2.45. The molecule has 9 heteroatoms. The molecule has 2 aliphatic rings. The summed E-state index contributed by atoms with van der Waals surface area (Å²) in [7, 11) is 0. The number of likely N-dealkylation sites (N-methyl/N-ethyl adjacent to an activating group) is 1. The van der Waals surface area contributed by atoms with E-state index in [2.05, 4.69) is 0 Å². The van der Waals surface area contributed by atoms with E-state index in [0.717, 1.165) is 0 Å². The van der Waals surface area contributed by atoms with Crippen LogP contribution in [0.2, 0.25) is 0 Å². The first-order valence-electron chi connectivity index (χ1n) is 11.5. The first kappa shape index (κ1) is 24.4. The fourth-order valence-electron chi connectivity index (χ4n) is 4.01. The summed E-state index contributed by atoms with van der Waals surface area (Å²) in [5.74, 6) is -1.36. The Morgan fingerprint density at radius 2 is 1.57 bits per heavy atom. The average Bonchev–Trinajstić information content (AvgIpc) is 3.06. The van der Waals surface area contributed by atoms with Gasteiger partial charge in [0, 0.05) is 19.6 Å². The Balaban J connectivity index is 1.53. The minimum absolute atomic E-state index is 0.135. The fourth-order valence-corrected chi connectivity index (χ4v) is 4.01. The van der Waals surface area contributed by atoms with Gasteiger partial charge in [-0.2, -0.15) is 0 Å². The van der Waals surface area contributed by atoms with Gasteiger partial charge in [0.1, 0.15) is 12.7 Å². The van der Waals surface area contributed by atoms with Gasteiger partial charge >= 0.3 is 18.0 Å². The zero-order valence-corrected chi connectivity index (χ0v) is 19.3. The molecule has 4 unspecified atom stereocenters. The van der Waals surface area contributed by atoms with E-state index in [-0.39, 0.29) is 24.7 Å². The highest BCUT2D eigenvalue weighted by Gasteiger charge is 2.52. The second kappa shape index (κ2) is 11.1. The second-order valence-corrected chi connectivity index (χ2v) is 8.15. The molecule has 0 N–H and O–H groups in total. The van der Waals surface area contributed by atoms with Crippen LogP contribution in [0, 0.1) is 0 Å². The Morgan fingerprint density at radius 1 is 0.971 bits per heavy atom. The highest BCUT2D eigenvalue weighted by Crippen LogP contribution is 2.31. The number of esters is 2. The third-order valence-corrected chi connectivity index (χ3v) is 5.91. The van der Waals surface area contributed by atoms with Gasteiger partial charge in [0.15, 0.2) is 18.5 Å². The molecule has 2 heterocycles. The summed E-state index contributed by atoms with van der Waals surface area (Å²) >= 11 is 0. The molecule has 2 amide bonds. The smallest absolute Gasteiger partial charge is 0.338 e. The Bertz CT molecular complexity index is 1060. The van der Waals surface area contributed by atoms with Crippen LogP contribution in [0.15, 0.2) is 72.8 Å². The molecule has 0 aromatic heterocycles. The highest BCUT2D eigenvalue weighted by molar-refractivity contribution is 5.90. The van der Waals surface area contributed by atoms with Crippen LogP contribution in [-0.2, 0) is 14.2 Å². The Kier molecular flexibility index (Phi) is 7.77. The van der Waals surface area contributed by atoms with Crippen LogP contribution in [-0.4, -0.2) is 78.6 Å². The van der Waals surface area contributed by atoms with Crippen LogP contribution in [0.25, 0.3) is 0 Å². The molecule has 4 rings (SSSR count). The van der Waals surface area contributed by atoms with Gasteiger partial charge in [-0.25, -0.2) is 18.8 Å². The number of alkyl halides is 1. The van der Waals surface area contributed by atoms with Crippen molar-refractivity contribution in [1.82, 2.24) is 9.80 Å². The van der Waals surface area contributed by atoms with Crippen molar-refractivity contribution in [2.75, 3.05) is 26.2 Å². The molecular weight excluding hydrogens is 455 g/mol. The predicted octanol–water partition coefficient (Wildman–Crippen LogP) is 3.45. The molecule has 184 valence electrons. The number of rotatable bonds is 7. The zero-order valence-electron chi connectivity index (χ0n) is 19.3. The standard InChI is InChI=1S/C26H27FN2O6/c1-2-28-15-9-10-16-29(26(28)32)23-21(27)22(35-25(31)19-13-7-4-8-14-19)20(34-23)17-33-24(30)18-11-5-3-6-12-18/h3-14,20-23H,2,15-17H2,1H3. The number of hydrogen-bond donors (Lipinski definition) is 0.